The van der Waals surface area contributed by atoms with E-state index >= 15 is 0 Å². The van der Waals surface area contributed by atoms with Gasteiger partial charge in [-0.05, 0) is 65.6 Å². The number of rotatable bonds is 2. The van der Waals surface area contributed by atoms with E-state index in [1.54, 1.807) is 0 Å². The SMILES string of the molecule is [2H]c1c([2H])c([2H])c2c(oc3c2cc([2H])c2c3c3c([2H])c([2H])c([2H])c([2H])c3n2-c2ccc(-c3c([2H])c([2H])c4oc5c([2H])c([2H])c([2H])c([2H])c5c4c3[2H])cc2)c1[2H]. The fourth-order valence-electron chi connectivity index (χ4n) is 5.14. The van der Waals surface area contributed by atoms with Crippen molar-refractivity contribution in [3.05, 3.63) is 127 Å². The molecule has 0 atom stereocenters. The van der Waals surface area contributed by atoms with E-state index in [1.807, 2.05) is 0 Å². The van der Waals surface area contributed by atoms with Crippen LogP contribution in [0.15, 0.2) is 136 Å². The lowest BCUT2D eigenvalue weighted by atomic mass is 10.0. The van der Waals surface area contributed by atoms with Crippen LogP contribution in [0.4, 0.5) is 0 Å². The topological polar surface area (TPSA) is 31.2 Å². The lowest BCUT2D eigenvalue weighted by Gasteiger charge is -2.09. The van der Waals surface area contributed by atoms with Crippen LogP contribution in [0.3, 0.4) is 0 Å². The highest BCUT2D eigenvalue weighted by atomic mass is 16.3. The summed E-state index contributed by atoms with van der Waals surface area (Å²) in [5.74, 6) is 0. The molecule has 0 saturated carbocycles. The van der Waals surface area contributed by atoms with E-state index in [0.717, 1.165) is 0 Å². The smallest absolute Gasteiger partial charge is 0.145 e. The van der Waals surface area contributed by atoms with Gasteiger partial charge in [-0.15, -0.1) is 0 Å². The quantitative estimate of drug-likeness (QED) is 0.229. The zero-order valence-electron chi connectivity index (χ0n) is 35.7. The van der Waals surface area contributed by atoms with Crippen LogP contribution in [-0.4, -0.2) is 4.57 Å². The van der Waals surface area contributed by atoms with Crippen molar-refractivity contribution >= 4 is 65.7 Å². The molecule has 0 unspecified atom stereocenters. The van der Waals surface area contributed by atoms with E-state index in [4.69, 9.17) is 29.4 Å². The molecule has 9 aromatic rings. The monoisotopic (exact) mass is 515 g/mol. The number of nitrogens with zero attached hydrogens (tertiary/aromatic N) is 1. The largest absolute Gasteiger partial charge is 0.456 e. The molecular weight excluding hydrogens is 478 g/mol. The molecule has 0 aliphatic carbocycles. The maximum atomic E-state index is 9.19. The van der Waals surface area contributed by atoms with E-state index in [-0.39, 0.29) is 94.6 Å². The Morgan fingerprint density at radius 2 is 1.15 bits per heavy atom. The third-order valence-electron chi connectivity index (χ3n) is 6.85. The summed E-state index contributed by atoms with van der Waals surface area (Å²) >= 11 is 0. The zero-order chi connectivity index (χ0) is 39.4. The van der Waals surface area contributed by atoms with Crippen molar-refractivity contribution in [1.29, 1.82) is 0 Å². The van der Waals surface area contributed by atoms with Gasteiger partial charge in [0.15, 0.2) is 0 Å². The van der Waals surface area contributed by atoms with Crippen molar-refractivity contribution in [3.8, 4) is 16.8 Å². The highest BCUT2D eigenvalue weighted by Gasteiger charge is 2.18. The van der Waals surface area contributed by atoms with Gasteiger partial charge in [0.2, 0.25) is 0 Å². The first kappa shape index (κ1) is 10.8. The first-order chi connectivity index (χ1) is 26.0. The lowest BCUT2D eigenvalue weighted by molar-refractivity contribution is 0.669. The first-order valence-corrected chi connectivity index (χ1v) is 11.9. The number of para-hydroxylation sites is 3. The van der Waals surface area contributed by atoms with Gasteiger partial charge in [-0.2, -0.15) is 0 Å². The van der Waals surface area contributed by atoms with Gasteiger partial charge in [-0.1, -0.05) is 72.6 Å². The van der Waals surface area contributed by atoms with Crippen molar-refractivity contribution < 1.29 is 30.8 Å². The van der Waals surface area contributed by atoms with E-state index in [1.165, 1.54) is 34.9 Å². The highest BCUT2D eigenvalue weighted by Crippen LogP contribution is 2.40. The minimum Gasteiger partial charge on any atom is -0.456 e. The second kappa shape index (κ2) is 7.62. The van der Waals surface area contributed by atoms with Crippen molar-refractivity contribution in [2.45, 2.75) is 0 Å². The summed E-state index contributed by atoms with van der Waals surface area (Å²) in [4.78, 5) is 0. The first-order valence-electron chi connectivity index (χ1n) is 19.9. The summed E-state index contributed by atoms with van der Waals surface area (Å²) in [5.41, 5.74) is -0.0671. The van der Waals surface area contributed by atoms with Crippen LogP contribution in [0.25, 0.3) is 82.5 Å². The highest BCUT2D eigenvalue weighted by molar-refractivity contribution is 6.23. The summed E-state index contributed by atoms with van der Waals surface area (Å²) in [6.07, 6.45) is 0. The Kier molecular flexibility index (Phi) is 2.12. The summed E-state index contributed by atoms with van der Waals surface area (Å²) in [6, 6.07) is 0.215. The zero-order valence-corrected chi connectivity index (χ0v) is 19.7. The Labute approximate surface area is 245 Å². The fraction of sp³-hybridized carbons (Fsp3) is 0. The van der Waals surface area contributed by atoms with Gasteiger partial charge in [0, 0.05) is 32.6 Å². The predicted octanol–water partition coefficient (Wildman–Crippen LogP) is 10.2. The third-order valence-corrected chi connectivity index (χ3v) is 6.85. The molecule has 0 aliphatic rings. The maximum absolute atomic E-state index is 9.19. The van der Waals surface area contributed by atoms with Crippen molar-refractivity contribution in [2.75, 3.05) is 0 Å². The average molecular weight is 516 g/mol. The van der Waals surface area contributed by atoms with Crippen molar-refractivity contribution in [1.82, 2.24) is 4.57 Å². The van der Waals surface area contributed by atoms with E-state index in [9.17, 15) is 1.37 Å². The van der Waals surface area contributed by atoms with Crippen LogP contribution >= 0.6 is 0 Å². The molecule has 3 heterocycles. The molecule has 0 aliphatic heterocycles. The van der Waals surface area contributed by atoms with Gasteiger partial charge < -0.3 is 13.4 Å². The molecule has 0 fully saturated rings. The third kappa shape index (κ3) is 2.87. The van der Waals surface area contributed by atoms with Crippen molar-refractivity contribution in [3.63, 3.8) is 0 Å². The van der Waals surface area contributed by atoms with Crippen LogP contribution < -0.4 is 0 Å². The standard InChI is InChI=1S/C36H21NO2/c1-4-10-30-28(9-1)35-31(19-18-27-25-7-2-6-12-33(25)39-36(27)35)37(30)24-16-13-22(14-17-24)23-15-20-34-29(21-23)26-8-3-5-11-32(26)38-34/h1-21H/i1D,2D,3D,4D,5D,6D,7D,8D,9D,10D,11D,12D,15D,19D,20D,21D. The van der Waals surface area contributed by atoms with Gasteiger partial charge in [-0.3, -0.25) is 0 Å². The molecule has 182 valence electrons. The van der Waals surface area contributed by atoms with Gasteiger partial charge >= 0.3 is 0 Å². The molecule has 0 bridgehead atoms. The summed E-state index contributed by atoms with van der Waals surface area (Å²) in [5, 5.41) is 0.0999. The molecule has 9 rings (SSSR count). The molecule has 0 spiro atoms. The number of aromatic nitrogens is 1. The number of furan rings is 2. The Balaban J connectivity index is 1.35. The second-order valence-electron chi connectivity index (χ2n) is 8.93. The summed E-state index contributed by atoms with van der Waals surface area (Å²) in [7, 11) is 0. The Morgan fingerprint density at radius 3 is 1.97 bits per heavy atom. The molecule has 39 heavy (non-hydrogen) atoms. The van der Waals surface area contributed by atoms with Crippen LogP contribution in [0, 0.1) is 0 Å². The van der Waals surface area contributed by atoms with Gasteiger partial charge in [0.05, 0.1) is 38.4 Å². The second-order valence-corrected chi connectivity index (χ2v) is 8.93. The number of hydrogen-bond donors (Lipinski definition) is 0. The molecule has 3 heteroatoms. The van der Waals surface area contributed by atoms with E-state index in [2.05, 4.69) is 0 Å². The predicted molar refractivity (Wildman–Crippen MR) is 161 cm³/mol. The van der Waals surface area contributed by atoms with Crippen molar-refractivity contribution in [2.24, 2.45) is 0 Å². The summed E-state index contributed by atoms with van der Waals surface area (Å²) in [6.45, 7) is 0. The molecule has 0 saturated heterocycles. The van der Waals surface area contributed by atoms with E-state index in [0.29, 0.717) is 0 Å². The molecule has 0 radical (unpaired) electrons. The number of fused-ring (bicyclic) bond motifs is 10. The molecule has 3 aromatic heterocycles. The molecular formula is C36H21NO2. The van der Waals surface area contributed by atoms with Gasteiger partial charge in [0.25, 0.3) is 0 Å². The Morgan fingerprint density at radius 1 is 0.487 bits per heavy atom. The van der Waals surface area contributed by atoms with Gasteiger partial charge in [0.1, 0.15) is 22.3 Å². The van der Waals surface area contributed by atoms with Crippen LogP contribution in [0.1, 0.15) is 21.9 Å². The van der Waals surface area contributed by atoms with Crippen LogP contribution in [-0.2, 0) is 0 Å². The van der Waals surface area contributed by atoms with Gasteiger partial charge in [-0.25, -0.2) is 0 Å². The minimum atomic E-state index is -0.556. The molecule has 0 amide bonds. The maximum Gasteiger partial charge on any atom is 0.145 e. The minimum absolute atomic E-state index is 0.00214. The normalized spacial score (nSPS) is 17.8. The number of benzene rings is 6. The number of hydrogen-bond acceptors (Lipinski definition) is 2. The Hall–Kier alpha value is -5.28. The average Bonchev–Trinajstić information content (AvgIpc) is 3.87. The van der Waals surface area contributed by atoms with Crippen LogP contribution in [0.5, 0.6) is 0 Å². The van der Waals surface area contributed by atoms with E-state index < -0.39 is 84.6 Å². The lowest BCUT2D eigenvalue weighted by Crippen LogP contribution is -1.93. The molecule has 6 aromatic carbocycles. The summed E-state index contributed by atoms with van der Waals surface area (Å²) < 4.78 is 150. The Bertz CT molecular complexity index is 3270. The molecule has 0 N–H and O–H groups in total. The molecule has 3 nitrogen and oxygen atoms in total. The van der Waals surface area contributed by atoms with Crippen LogP contribution in [0.2, 0.25) is 0 Å². The fourth-order valence-corrected chi connectivity index (χ4v) is 5.14.